The molecule has 0 aliphatic carbocycles. The van der Waals surface area contributed by atoms with Gasteiger partial charge in [-0.1, -0.05) is 18.2 Å². The summed E-state index contributed by atoms with van der Waals surface area (Å²) in [5, 5.41) is 2.86. The van der Waals surface area contributed by atoms with Crippen molar-refractivity contribution in [3.8, 4) is 17.2 Å². The average Bonchev–Trinajstić information content (AvgIpc) is 2.96. The van der Waals surface area contributed by atoms with Crippen molar-refractivity contribution in [3.63, 3.8) is 0 Å². The van der Waals surface area contributed by atoms with E-state index in [9.17, 15) is 9.59 Å². The molecule has 8 heteroatoms. The predicted octanol–water partition coefficient (Wildman–Crippen LogP) is 2.64. The number of carbonyl (C=O) groups excluding carboxylic acids is 1. The van der Waals surface area contributed by atoms with E-state index in [2.05, 4.69) is 16.3 Å². The lowest BCUT2D eigenvalue weighted by molar-refractivity contribution is -0.117. The molecule has 2 aliphatic heterocycles. The van der Waals surface area contributed by atoms with Gasteiger partial charge in [0.05, 0.1) is 31.1 Å². The van der Waals surface area contributed by atoms with E-state index in [1.807, 2.05) is 50.4 Å². The molecule has 3 heterocycles. The Balaban J connectivity index is 1.30. The summed E-state index contributed by atoms with van der Waals surface area (Å²) in [6, 6.07) is 13.5. The molecule has 2 aliphatic rings. The minimum Gasteiger partial charge on any atom is -0.490 e. The molecule has 0 unspecified atom stereocenters. The Hall–Kier alpha value is -3.52. The van der Waals surface area contributed by atoms with E-state index in [4.69, 9.17) is 9.47 Å². The van der Waals surface area contributed by atoms with Crippen molar-refractivity contribution in [2.24, 2.45) is 7.05 Å². The number of benzene rings is 2. The van der Waals surface area contributed by atoms with Crippen molar-refractivity contribution in [2.45, 2.75) is 26.3 Å². The number of nitrogens with one attached hydrogen (secondary N) is 1. The Morgan fingerprint density at radius 3 is 2.48 bits per heavy atom. The molecule has 0 atom stereocenters. The molecule has 1 N–H and O–H groups in total. The summed E-state index contributed by atoms with van der Waals surface area (Å²) in [6.07, 6.45) is 1.71. The SMILES string of the molecule is Cc1c(NC(=O)CN2CCc3cc4c(cc3C2)OCCCO4)c(=O)n(-c2ccccc2)n1C. The molecule has 33 heavy (non-hydrogen) atoms. The van der Waals surface area contributed by atoms with Crippen LogP contribution in [0.1, 0.15) is 23.2 Å². The lowest BCUT2D eigenvalue weighted by Crippen LogP contribution is -2.37. The third-order valence-electron chi connectivity index (χ3n) is 6.35. The first-order valence-corrected chi connectivity index (χ1v) is 11.3. The van der Waals surface area contributed by atoms with Gasteiger partial charge < -0.3 is 14.8 Å². The number of nitrogens with zero attached hydrogens (tertiary/aromatic N) is 3. The minimum atomic E-state index is -0.238. The molecule has 1 aromatic heterocycles. The molecule has 0 fully saturated rings. The first-order chi connectivity index (χ1) is 16.0. The lowest BCUT2D eigenvalue weighted by atomic mass is 9.99. The third kappa shape index (κ3) is 4.14. The number of aromatic nitrogens is 2. The summed E-state index contributed by atoms with van der Waals surface area (Å²) in [6.45, 7) is 4.79. The van der Waals surface area contributed by atoms with E-state index in [0.717, 1.165) is 42.1 Å². The van der Waals surface area contributed by atoms with Crippen LogP contribution in [0.3, 0.4) is 0 Å². The van der Waals surface area contributed by atoms with Gasteiger partial charge in [0.2, 0.25) is 5.91 Å². The van der Waals surface area contributed by atoms with Crippen molar-refractivity contribution in [3.05, 3.63) is 69.6 Å². The standard InChI is InChI=1S/C25H28N4O4/c1-17-24(25(31)29(27(17)2)20-7-4-3-5-8-20)26-23(30)16-28-10-9-18-13-21-22(14-19(18)15-28)33-12-6-11-32-21/h3-5,7-8,13-14H,6,9-12,15-16H2,1-2H3,(H,26,30). The van der Waals surface area contributed by atoms with Crippen LogP contribution in [0.2, 0.25) is 0 Å². The quantitative estimate of drug-likeness (QED) is 0.664. The Bertz CT molecular complexity index is 1250. The molecule has 172 valence electrons. The average molecular weight is 449 g/mol. The molecule has 0 saturated heterocycles. The summed E-state index contributed by atoms with van der Waals surface area (Å²) in [5.41, 5.74) is 3.94. The second-order valence-corrected chi connectivity index (χ2v) is 8.56. The van der Waals surface area contributed by atoms with E-state index in [1.54, 1.807) is 9.36 Å². The number of hydrogen-bond acceptors (Lipinski definition) is 5. The van der Waals surface area contributed by atoms with E-state index >= 15 is 0 Å². The normalized spacial score (nSPS) is 15.6. The van der Waals surface area contributed by atoms with Gasteiger partial charge in [0.1, 0.15) is 5.69 Å². The lowest BCUT2D eigenvalue weighted by Gasteiger charge is -2.28. The van der Waals surface area contributed by atoms with Crippen LogP contribution in [0.4, 0.5) is 5.69 Å². The van der Waals surface area contributed by atoms with Crippen molar-refractivity contribution in [1.82, 2.24) is 14.3 Å². The zero-order valence-corrected chi connectivity index (χ0v) is 19.0. The second kappa shape index (κ2) is 8.78. The van der Waals surface area contributed by atoms with Crippen LogP contribution in [0, 0.1) is 6.92 Å². The van der Waals surface area contributed by atoms with Gasteiger partial charge in [-0.2, -0.15) is 0 Å². The molecule has 2 aromatic carbocycles. The van der Waals surface area contributed by atoms with Crippen molar-refractivity contribution in [2.75, 3.05) is 31.6 Å². The predicted molar refractivity (Wildman–Crippen MR) is 125 cm³/mol. The number of carbonyl (C=O) groups is 1. The Morgan fingerprint density at radius 1 is 1.06 bits per heavy atom. The van der Waals surface area contributed by atoms with Crippen molar-refractivity contribution in [1.29, 1.82) is 0 Å². The number of anilines is 1. The van der Waals surface area contributed by atoms with Crippen LogP contribution < -0.4 is 20.3 Å². The molecule has 3 aromatic rings. The highest BCUT2D eigenvalue weighted by Crippen LogP contribution is 2.35. The fourth-order valence-corrected chi connectivity index (χ4v) is 4.50. The van der Waals surface area contributed by atoms with E-state index < -0.39 is 0 Å². The van der Waals surface area contributed by atoms with Gasteiger partial charge >= 0.3 is 0 Å². The molecule has 5 rings (SSSR count). The number of rotatable bonds is 4. The monoisotopic (exact) mass is 448 g/mol. The zero-order chi connectivity index (χ0) is 22.9. The molecule has 0 saturated carbocycles. The highest BCUT2D eigenvalue weighted by molar-refractivity contribution is 5.92. The van der Waals surface area contributed by atoms with Gasteiger partial charge in [0.25, 0.3) is 5.56 Å². The largest absolute Gasteiger partial charge is 0.490 e. The van der Waals surface area contributed by atoms with E-state index in [1.165, 1.54) is 5.56 Å². The first kappa shape index (κ1) is 21.3. The van der Waals surface area contributed by atoms with Crippen LogP contribution in [0.5, 0.6) is 11.5 Å². The number of ether oxygens (including phenoxy) is 2. The Morgan fingerprint density at radius 2 is 1.76 bits per heavy atom. The highest BCUT2D eigenvalue weighted by atomic mass is 16.5. The summed E-state index contributed by atoms with van der Waals surface area (Å²) in [4.78, 5) is 28.0. The fourth-order valence-electron chi connectivity index (χ4n) is 4.50. The second-order valence-electron chi connectivity index (χ2n) is 8.56. The van der Waals surface area contributed by atoms with Crippen molar-refractivity contribution >= 4 is 11.6 Å². The van der Waals surface area contributed by atoms with Gasteiger partial charge in [0, 0.05) is 26.6 Å². The maximum Gasteiger partial charge on any atom is 0.295 e. The molecular formula is C25H28N4O4. The van der Waals surface area contributed by atoms with Crippen molar-refractivity contribution < 1.29 is 14.3 Å². The van der Waals surface area contributed by atoms with Gasteiger partial charge in [0.15, 0.2) is 11.5 Å². The maximum atomic E-state index is 13.1. The maximum absolute atomic E-state index is 13.1. The van der Waals surface area contributed by atoms with E-state index in [0.29, 0.717) is 31.1 Å². The van der Waals surface area contributed by atoms with Crippen LogP contribution in [-0.2, 0) is 24.8 Å². The third-order valence-corrected chi connectivity index (χ3v) is 6.35. The smallest absolute Gasteiger partial charge is 0.295 e. The molecule has 0 bridgehead atoms. The number of fused-ring (bicyclic) bond motifs is 2. The highest BCUT2D eigenvalue weighted by Gasteiger charge is 2.24. The number of para-hydroxylation sites is 1. The zero-order valence-electron chi connectivity index (χ0n) is 19.0. The fraction of sp³-hybridized carbons (Fsp3) is 0.360. The summed E-state index contributed by atoms with van der Waals surface area (Å²) < 4.78 is 15.0. The summed E-state index contributed by atoms with van der Waals surface area (Å²) in [5.74, 6) is 1.39. The van der Waals surface area contributed by atoms with Crippen LogP contribution in [0.25, 0.3) is 5.69 Å². The molecule has 0 spiro atoms. The molecule has 1 amide bonds. The molecule has 0 radical (unpaired) electrons. The van der Waals surface area contributed by atoms with Crippen LogP contribution in [-0.4, -0.2) is 46.5 Å². The summed E-state index contributed by atoms with van der Waals surface area (Å²) in [7, 11) is 1.82. The van der Waals surface area contributed by atoms with Gasteiger partial charge in [-0.3, -0.25) is 19.2 Å². The minimum absolute atomic E-state index is 0.196. The Labute approximate surface area is 192 Å². The first-order valence-electron chi connectivity index (χ1n) is 11.3. The number of amides is 1. The molecule has 8 nitrogen and oxygen atoms in total. The van der Waals surface area contributed by atoms with Crippen LogP contribution >= 0.6 is 0 Å². The van der Waals surface area contributed by atoms with Gasteiger partial charge in [-0.25, -0.2) is 4.68 Å². The number of hydrogen-bond donors (Lipinski definition) is 1. The molecular weight excluding hydrogens is 420 g/mol. The van der Waals surface area contributed by atoms with E-state index in [-0.39, 0.29) is 18.0 Å². The summed E-state index contributed by atoms with van der Waals surface area (Å²) >= 11 is 0. The Kier molecular flexibility index (Phi) is 5.68. The van der Waals surface area contributed by atoms with Crippen LogP contribution in [0.15, 0.2) is 47.3 Å². The topological polar surface area (TPSA) is 77.7 Å². The van der Waals surface area contributed by atoms with Gasteiger partial charge in [-0.05, 0) is 48.7 Å². The van der Waals surface area contributed by atoms with Gasteiger partial charge in [-0.15, -0.1) is 0 Å².